The fourth-order valence-corrected chi connectivity index (χ4v) is 0.922. The lowest BCUT2D eigenvalue weighted by Crippen LogP contribution is -2.34. The number of methoxy groups -OCH3 is 1. The van der Waals surface area contributed by atoms with E-state index in [9.17, 15) is 9.00 Å². The van der Waals surface area contributed by atoms with Crippen LogP contribution in [0.15, 0.2) is 0 Å². The summed E-state index contributed by atoms with van der Waals surface area (Å²) in [5, 5.41) is 0. The third-order valence-electron chi connectivity index (χ3n) is 1.08. The Hall–Kier alpha value is 0.1000. The molecular weight excluding hydrogens is 220 g/mol. The lowest BCUT2D eigenvalue weighted by atomic mass is 10.2. The number of hydrogen-bond acceptors (Lipinski definition) is 3. The first-order valence-electron chi connectivity index (χ1n) is 2.59. The van der Waals surface area contributed by atoms with Gasteiger partial charge in [0.15, 0.2) is 0 Å². The van der Waals surface area contributed by atoms with Gasteiger partial charge in [-0.05, 0) is 13.8 Å². The van der Waals surface area contributed by atoms with Gasteiger partial charge in [0, 0.05) is 14.8 Å². The molecule has 0 amide bonds. The lowest BCUT2D eigenvalue weighted by Gasteiger charge is -2.15. The van der Waals surface area contributed by atoms with Gasteiger partial charge in [-0.2, -0.15) is 0 Å². The maximum Gasteiger partial charge on any atom is 0.324 e. The molecule has 0 spiro atoms. The Balaban J connectivity index is 4.40. The van der Waals surface area contributed by atoms with E-state index >= 15 is 0 Å². The monoisotopic (exact) mass is 228 g/mol. The highest BCUT2D eigenvalue weighted by Crippen LogP contribution is 2.18. The third kappa shape index (κ3) is 2.05. The second-order valence-electron chi connectivity index (χ2n) is 2.23. The molecule has 10 heavy (non-hydrogen) atoms. The number of esters is 1. The van der Waals surface area contributed by atoms with Crippen molar-refractivity contribution in [2.24, 2.45) is 0 Å². The van der Waals surface area contributed by atoms with E-state index in [1.54, 1.807) is 13.8 Å². The molecule has 0 aliphatic carbocycles. The molecule has 0 radical (unpaired) electrons. The standard InChI is InChI=1S/C5H9BrO3S/c1-5(2,10(6)8)4(7)9-3/h1-3H3. The van der Waals surface area contributed by atoms with Crippen molar-refractivity contribution in [1.82, 2.24) is 0 Å². The molecule has 0 aliphatic heterocycles. The number of carbonyl (C=O) groups excluding carboxylic acids is 1. The summed E-state index contributed by atoms with van der Waals surface area (Å²) < 4.78 is 14.2. The molecule has 1 atom stereocenters. The van der Waals surface area contributed by atoms with E-state index in [2.05, 4.69) is 19.5 Å². The van der Waals surface area contributed by atoms with Crippen molar-refractivity contribution in [2.75, 3.05) is 7.11 Å². The molecule has 60 valence electrons. The average Bonchev–Trinajstić information content (AvgIpc) is 1.86. The van der Waals surface area contributed by atoms with Crippen LogP contribution in [0.2, 0.25) is 0 Å². The largest absolute Gasteiger partial charge is 0.468 e. The topological polar surface area (TPSA) is 43.4 Å². The second kappa shape index (κ2) is 3.48. The van der Waals surface area contributed by atoms with Gasteiger partial charge in [-0.25, -0.2) is 4.21 Å². The summed E-state index contributed by atoms with van der Waals surface area (Å²) in [5.41, 5.74) is 0. The number of rotatable bonds is 2. The number of halogens is 1. The molecule has 0 saturated heterocycles. The first kappa shape index (κ1) is 10.1. The van der Waals surface area contributed by atoms with Crippen LogP contribution in [-0.4, -0.2) is 22.0 Å². The molecule has 0 bridgehead atoms. The van der Waals surface area contributed by atoms with Crippen LogP contribution in [0.5, 0.6) is 0 Å². The van der Waals surface area contributed by atoms with E-state index in [0.717, 1.165) is 0 Å². The molecule has 0 N–H and O–H groups in total. The van der Waals surface area contributed by atoms with Crippen molar-refractivity contribution in [3.63, 3.8) is 0 Å². The zero-order valence-electron chi connectivity index (χ0n) is 6.01. The van der Waals surface area contributed by atoms with Gasteiger partial charge in [-0.3, -0.25) is 4.79 Å². The van der Waals surface area contributed by atoms with E-state index in [-0.39, 0.29) is 0 Å². The minimum Gasteiger partial charge on any atom is -0.468 e. The highest BCUT2D eigenvalue weighted by atomic mass is 79.9. The van der Waals surface area contributed by atoms with Gasteiger partial charge in [0.1, 0.15) is 14.0 Å². The highest BCUT2D eigenvalue weighted by molar-refractivity contribution is 9.46. The Labute approximate surface area is 69.8 Å². The van der Waals surface area contributed by atoms with Gasteiger partial charge < -0.3 is 4.74 Å². The van der Waals surface area contributed by atoms with Crippen molar-refractivity contribution in [3.05, 3.63) is 0 Å². The molecule has 0 heterocycles. The van der Waals surface area contributed by atoms with Crippen LogP contribution in [-0.2, 0) is 18.8 Å². The van der Waals surface area contributed by atoms with Crippen molar-refractivity contribution < 1.29 is 13.7 Å². The molecule has 0 aromatic carbocycles. The SMILES string of the molecule is COC(=O)C(C)(C)S(=O)Br. The maximum absolute atomic E-state index is 10.8. The Morgan fingerprint density at radius 2 is 2.00 bits per heavy atom. The van der Waals surface area contributed by atoms with E-state index in [1.807, 2.05) is 0 Å². The van der Waals surface area contributed by atoms with Crippen molar-refractivity contribution in [3.8, 4) is 0 Å². The van der Waals surface area contributed by atoms with Crippen molar-refractivity contribution in [1.29, 1.82) is 0 Å². The van der Waals surface area contributed by atoms with Crippen molar-refractivity contribution in [2.45, 2.75) is 18.6 Å². The summed E-state index contributed by atoms with van der Waals surface area (Å²) in [6.45, 7) is 3.09. The molecule has 1 unspecified atom stereocenters. The average molecular weight is 229 g/mol. The fraction of sp³-hybridized carbons (Fsp3) is 0.800. The maximum atomic E-state index is 10.8. The van der Waals surface area contributed by atoms with E-state index < -0.39 is 19.9 Å². The van der Waals surface area contributed by atoms with Gasteiger partial charge >= 0.3 is 5.97 Å². The first-order valence-corrected chi connectivity index (χ1v) is 5.58. The molecule has 0 fully saturated rings. The smallest absolute Gasteiger partial charge is 0.324 e. The number of carbonyl (C=O) groups is 1. The minimum absolute atomic E-state index is 0.484. The molecule has 0 rings (SSSR count). The van der Waals surface area contributed by atoms with E-state index in [4.69, 9.17) is 0 Å². The Kier molecular flexibility index (Phi) is 3.51. The molecular formula is C5H9BrO3S. The van der Waals surface area contributed by atoms with Gasteiger partial charge in [0.2, 0.25) is 0 Å². The number of ether oxygens (including phenoxy) is 1. The van der Waals surface area contributed by atoms with E-state index in [0.29, 0.717) is 0 Å². The summed E-state index contributed by atoms with van der Waals surface area (Å²) in [5.74, 6) is -0.484. The summed E-state index contributed by atoms with van der Waals surface area (Å²) >= 11 is 2.81. The zero-order valence-corrected chi connectivity index (χ0v) is 8.41. The van der Waals surface area contributed by atoms with Crippen LogP contribution < -0.4 is 0 Å². The molecule has 0 aromatic heterocycles. The normalized spacial score (nSPS) is 14.4. The molecule has 0 saturated carbocycles. The predicted octanol–water partition coefficient (Wildman–Crippen LogP) is 0.997. The third-order valence-corrected chi connectivity index (χ3v) is 4.48. The summed E-state index contributed by atoms with van der Waals surface area (Å²) in [6, 6.07) is 0. The first-order chi connectivity index (χ1) is 4.42. The summed E-state index contributed by atoms with van der Waals surface area (Å²) in [7, 11) is -0.100. The Bertz CT molecular complexity index is 166. The summed E-state index contributed by atoms with van der Waals surface area (Å²) in [4.78, 5) is 10.8. The highest BCUT2D eigenvalue weighted by Gasteiger charge is 2.34. The quantitative estimate of drug-likeness (QED) is 0.524. The van der Waals surface area contributed by atoms with Gasteiger partial charge in [0.05, 0.1) is 7.11 Å². The van der Waals surface area contributed by atoms with Crippen LogP contribution in [0.3, 0.4) is 0 Å². The zero-order chi connectivity index (χ0) is 8.36. The minimum atomic E-state index is -1.37. The summed E-state index contributed by atoms with van der Waals surface area (Å²) in [6.07, 6.45) is 0. The van der Waals surface area contributed by atoms with Crippen molar-refractivity contribution >= 4 is 30.0 Å². The van der Waals surface area contributed by atoms with Crippen LogP contribution in [0.1, 0.15) is 13.8 Å². The number of hydrogen-bond donors (Lipinski definition) is 0. The lowest BCUT2D eigenvalue weighted by molar-refractivity contribution is -0.142. The predicted molar refractivity (Wildman–Crippen MR) is 43.2 cm³/mol. The molecule has 0 aromatic rings. The van der Waals surface area contributed by atoms with E-state index in [1.165, 1.54) is 7.11 Å². The van der Waals surface area contributed by atoms with Crippen LogP contribution >= 0.6 is 14.8 Å². The fourth-order valence-electron chi connectivity index (χ4n) is 0.311. The second-order valence-corrected chi connectivity index (χ2v) is 5.46. The van der Waals surface area contributed by atoms with Crippen LogP contribution in [0.25, 0.3) is 0 Å². The molecule has 5 heteroatoms. The van der Waals surface area contributed by atoms with Gasteiger partial charge in [0.25, 0.3) is 0 Å². The van der Waals surface area contributed by atoms with Gasteiger partial charge in [-0.15, -0.1) is 0 Å². The van der Waals surface area contributed by atoms with Crippen LogP contribution in [0.4, 0.5) is 0 Å². The molecule has 0 aliphatic rings. The Morgan fingerprint density at radius 1 is 1.60 bits per heavy atom. The molecule has 3 nitrogen and oxygen atoms in total. The van der Waals surface area contributed by atoms with Gasteiger partial charge in [-0.1, -0.05) is 0 Å². The van der Waals surface area contributed by atoms with Crippen LogP contribution in [0, 0.1) is 0 Å². The Morgan fingerprint density at radius 3 is 2.10 bits per heavy atom.